The highest BCUT2D eigenvalue weighted by molar-refractivity contribution is 6.30. The van der Waals surface area contributed by atoms with E-state index in [0.29, 0.717) is 30.2 Å². The molecule has 0 spiro atoms. The first-order chi connectivity index (χ1) is 16.1. The number of hydrogen-bond donors (Lipinski definition) is 1. The van der Waals surface area contributed by atoms with Gasteiger partial charge in [-0.3, -0.25) is 14.5 Å². The van der Waals surface area contributed by atoms with Crippen molar-refractivity contribution >= 4 is 28.4 Å². The number of fused-ring (bicyclic) bond motifs is 1. The van der Waals surface area contributed by atoms with E-state index in [0.717, 1.165) is 49.5 Å². The smallest absolute Gasteiger partial charge is 0.257 e. The van der Waals surface area contributed by atoms with Crippen LogP contribution in [0.4, 0.5) is 0 Å². The summed E-state index contributed by atoms with van der Waals surface area (Å²) in [6, 6.07) is 13.3. The topological polar surface area (TPSA) is 72.8 Å². The van der Waals surface area contributed by atoms with Gasteiger partial charge in [-0.2, -0.15) is 0 Å². The summed E-state index contributed by atoms with van der Waals surface area (Å²) < 4.78 is 12.8. The van der Waals surface area contributed by atoms with Crippen molar-refractivity contribution < 1.29 is 14.3 Å². The molecule has 0 aliphatic carbocycles. The number of aromatic nitrogens is 1. The van der Waals surface area contributed by atoms with Gasteiger partial charge in [0.05, 0.1) is 38.0 Å². The zero-order valence-electron chi connectivity index (χ0n) is 18.3. The van der Waals surface area contributed by atoms with Gasteiger partial charge in [-0.1, -0.05) is 29.8 Å². The maximum Gasteiger partial charge on any atom is 0.257 e. The predicted octanol–water partition coefficient (Wildman–Crippen LogP) is 2.99. The molecule has 0 saturated carbocycles. The zero-order chi connectivity index (χ0) is 22.8. The van der Waals surface area contributed by atoms with E-state index < -0.39 is 0 Å². The number of pyridine rings is 1. The molecule has 0 bridgehead atoms. The van der Waals surface area contributed by atoms with Crippen LogP contribution in [0.5, 0.6) is 0 Å². The van der Waals surface area contributed by atoms with E-state index >= 15 is 0 Å². The standard InChI is InChI=1S/C25H26ClN3O4/c26-19-4-1-17(2-5-19)12-27-25(31)22-14-29(20-15-33-16-20)23-6-3-18(11-21(23)24(22)30)13-28-7-9-32-10-8-28/h1-6,11,14,20H,7-10,12-13,15-16H2,(H,27,31). The van der Waals surface area contributed by atoms with Crippen molar-refractivity contribution in [1.29, 1.82) is 0 Å². The Kier molecular flexibility index (Phi) is 6.46. The lowest BCUT2D eigenvalue weighted by molar-refractivity contribution is -0.0217. The van der Waals surface area contributed by atoms with Crippen molar-refractivity contribution in [1.82, 2.24) is 14.8 Å². The molecule has 172 valence electrons. The fourth-order valence-electron chi connectivity index (χ4n) is 4.25. The van der Waals surface area contributed by atoms with Crippen LogP contribution in [0.15, 0.2) is 53.5 Å². The van der Waals surface area contributed by atoms with Crippen molar-refractivity contribution in [3.8, 4) is 0 Å². The third kappa shape index (κ3) is 4.82. The molecule has 3 aromatic rings. The molecule has 0 radical (unpaired) electrons. The molecule has 2 fully saturated rings. The van der Waals surface area contributed by atoms with Crippen molar-refractivity contribution in [2.45, 2.75) is 19.1 Å². The number of carbonyl (C=O) groups excluding carboxylic acids is 1. The van der Waals surface area contributed by atoms with E-state index in [1.807, 2.05) is 28.8 Å². The number of benzene rings is 2. The summed E-state index contributed by atoms with van der Waals surface area (Å²) in [7, 11) is 0. The van der Waals surface area contributed by atoms with Crippen LogP contribution in [0.2, 0.25) is 5.02 Å². The van der Waals surface area contributed by atoms with Crippen LogP contribution in [0, 0.1) is 0 Å². The first kappa shape index (κ1) is 22.1. The molecule has 2 aromatic carbocycles. The van der Waals surface area contributed by atoms with E-state index in [2.05, 4.69) is 16.3 Å². The SMILES string of the molecule is O=C(NCc1ccc(Cl)cc1)c1cn(C2COC2)c2ccc(CN3CCOCC3)cc2c1=O. The normalized spacial score (nSPS) is 17.1. The zero-order valence-corrected chi connectivity index (χ0v) is 19.0. The quantitative estimate of drug-likeness (QED) is 0.603. The Morgan fingerprint density at radius 1 is 1.03 bits per heavy atom. The van der Waals surface area contributed by atoms with Crippen LogP contribution >= 0.6 is 11.6 Å². The Bertz CT molecular complexity index is 1210. The molecule has 1 N–H and O–H groups in total. The molecule has 2 aliphatic heterocycles. The minimum Gasteiger partial charge on any atom is -0.379 e. The number of nitrogens with one attached hydrogen (secondary N) is 1. The van der Waals surface area contributed by atoms with Crippen LogP contribution in [0.25, 0.3) is 10.9 Å². The number of nitrogens with zero attached hydrogens (tertiary/aromatic N) is 2. The summed E-state index contributed by atoms with van der Waals surface area (Å²) in [5.74, 6) is -0.385. The van der Waals surface area contributed by atoms with Crippen molar-refractivity contribution in [2.75, 3.05) is 39.5 Å². The second-order valence-electron chi connectivity index (χ2n) is 8.52. The minimum absolute atomic E-state index is 0.112. The van der Waals surface area contributed by atoms with E-state index in [-0.39, 0.29) is 22.9 Å². The van der Waals surface area contributed by atoms with Gasteiger partial charge in [0.1, 0.15) is 5.56 Å². The fourth-order valence-corrected chi connectivity index (χ4v) is 4.37. The second-order valence-corrected chi connectivity index (χ2v) is 8.96. The second kappa shape index (κ2) is 9.65. The number of halogens is 1. The number of rotatable bonds is 6. The van der Waals surface area contributed by atoms with Gasteiger partial charge in [0.2, 0.25) is 5.43 Å². The molecule has 1 amide bonds. The van der Waals surface area contributed by atoms with Gasteiger partial charge in [0.25, 0.3) is 5.91 Å². The summed E-state index contributed by atoms with van der Waals surface area (Å²) in [4.78, 5) is 28.7. The van der Waals surface area contributed by atoms with E-state index in [1.165, 1.54) is 0 Å². The summed E-state index contributed by atoms with van der Waals surface area (Å²) in [6.07, 6.45) is 1.68. The number of morpholine rings is 1. The average molecular weight is 468 g/mol. The maximum absolute atomic E-state index is 13.4. The molecule has 2 saturated heterocycles. The Hall–Kier alpha value is -2.71. The van der Waals surface area contributed by atoms with Crippen molar-refractivity contribution in [2.24, 2.45) is 0 Å². The summed E-state index contributed by atoms with van der Waals surface area (Å²) in [5, 5.41) is 4.07. The van der Waals surface area contributed by atoms with Gasteiger partial charge >= 0.3 is 0 Å². The number of hydrogen-bond acceptors (Lipinski definition) is 5. The molecular weight excluding hydrogens is 442 g/mol. The van der Waals surface area contributed by atoms with Gasteiger partial charge in [0, 0.05) is 42.8 Å². The Morgan fingerprint density at radius 2 is 1.76 bits per heavy atom. The largest absolute Gasteiger partial charge is 0.379 e. The Balaban J connectivity index is 1.46. The summed E-state index contributed by atoms with van der Waals surface area (Å²) >= 11 is 5.94. The third-order valence-corrected chi connectivity index (χ3v) is 6.48. The molecule has 5 rings (SSSR count). The highest BCUT2D eigenvalue weighted by Gasteiger charge is 2.25. The van der Waals surface area contributed by atoms with Crippen LogP contribution in [-0.2, 0) is 22.6 Å². The summed E-state index contributed by atoms with van der Waals surface area (Å²) in [5.41, 5.74) is 2.68. The first-order valence-corrected chi connectivity index (χ1v) is 11.5. The van der Waals surface area contributed by atoms with E-state index in [4.69, 9.17) is 21.1 Å². The molecule has 2 aliphatic rings. The molecule has 0 atom stereocenters. The highest BCUT2D eigenvalue weighted by atomic mass is 35.5. The Morgan fingerprint density at radius 3 is 2.45 bits per heavy atom. The first-order valence-electron chi connectivity index (χ1n) is 11.2. The Labute approximate surface area is 196 Å². The number of ether oxygens (including phenoxy) is 2. The van der Waals surface area contributed by atoms with Gasteiger partial charge in [0.15, 0.2) is 0 Å². The van der Waals surface area contributed by atoms with Crippen LogP contribution in [-0.4, -0.2) is 54.9 Å². The maximum atomic E-state index is 13.4. The van der Waals surface area contributed by atoms with Gasteiger partial charge in [-0.15, -0.1) is 0 Å². The lowest BCUT2D eigenvalue weighted by atomic mass is 10.1. The fraction of sp³-hybridized carbons (Fsp3) is 0.360. The molecule has 8 heteroatoms. The molecular formula is C25H26ClN3O4. The van der Waals surface area contributed by atoms with Crippen LogP contribution < -0.4 is 10.7 Å². The van der Waals surface area contributed by atoms with Gasteiger partial charge in [-0.05, 0) is 35.4 Å². The lowest BCUT2D eigenvalue weighted by Gasteiger charge is -2.30. The highest BCUT2D eigenvalue weighted by Crippen LogP contribution is 2.24. The molecule has 33 heavy (non-hydrogen) atoms. The van der Waals surface area contributed by atoms with Gasteiger partial charge in [-0.25, -0.2) is 0 Å². The van der Waals surface area contributed by atoms with Crippen molar-refractivity contribution in [3.05, 3.63) is 80.6 Å². The van der Waals surface area contributed by atoms with Crippen LogP contribution in [0.3, 0.4) is 0 Å². The van der Waals surface area contributed by atoms with Crippen molar-refractivity contribution in [3.63, 3.8) is 0 Å². The lowest BCUT2D eigenvalue weighted by Crippen LogP contribution is -2.36. The molecule has 0 unspecified atom stereocenters. The third-order valence-electron chi connectivity index (χ3n) is 6.23. The number of carbonyl (C=O) groups is 1. The molecule has 7 nitrogen and oxygen atoms in total. The molecule has 3 heterocycles. The predicted molar refractivity (Wildman–Crippen MR) is 127 cm³/mol. The van der Waals surface area contributed by atoms with E-state index in [9.17, 15) is 9.59 Å². The van der Waals surface area contributed by atoms with Crippen LogP contribution in [0.1, 0.15) is 27.5 Å². The number of amides is 1. The van der Waals surface area contributed by atoms with E-state index in [1.54, 1.807) is 18.3 Å². The summed E-state index contributed by atoms with van der Waals surface area (Å²) in [6.45, 7) is 5.39. The average Bonchev–Trinajstić information content (AvgIpc) is 2.80. The van der Waals surface area contributed by atoms with Gasteiger partial charge < -0.3 is 19.4 Å². The monoisotopic (exact) mass is 467 g/mol. The minimum atomic E-state index is -0.385. The molecule has 1 aromatic heterocycles.